The molecule has 1 spiro atoms. The lowest BCUT2D eigenvalue weighted by Crippen LogP contribution is -2.47. The van der Waals surface area contributed by atoms with Crippen molar-refractivity contribution in [3.63, 3.8) is 0 Å². The number of anilines is 1. The maximum Gasteiger partial charge on any atom is 0.286 e. The summed E-state index contributed by atoms with van der Waals surface area (Å²) in [7, 11) is -1.57. The molecule has 1 unspecified atom stereocenters. The Morgan fingerprint density at radius 1 is 1.21 bits per heavy atom. The Bertz CT molecular complexity index is 1650. The number of carbonyl (C=O) groups is 2. The lowest BCUT2D eigenvalue weighted by atomic mass is 9.70. The van der Waals surface area contributed by atoms with E-state index in [1.807, 2.05) is 18.2 Å². The quantitative estimate of drug-likeness (QED) is 0.333. The summed E-state index contributed by atoms with van der Waals surface area (Å²) in [6.45, 7) is 6.45. The highest BCUT2D eigenvalue weighted by atomic mass is 35.5. The van der Waals surface area contributed by atoms with E-state index in [-0.39, 0.29) is 29.1 Å². The van der Waals surface area contributed by atoms with Crippen LogP contribution in [0.3, 0.4) is 0 Å². The van der Waals surface area contributed by atoms with Crippen LogP contribution in [-0.2, 0) is 31.3 Å². The molecule has 2 bridgehead atoms. The Kier molecular flexibility index (Phi) is 10.4. The van der Waals surface area contributed by atoms with Crippen molar-refractivity contribution in [2.24, 2.45) is 22.1 Å². The van der Waals surface area contributed by atoms with E-state index in [1.54, 1.807) is 13.2 Å². The predicted molar refractivity (Wildman–Crippen MR) is 188 cm³/mol. The van der Waals surface area contributed by atoms with E-state index in [2.05, 4.69) is 52.1 Å². The number of hydrogen-bond acceptors (Lipinski definition) is 6. The fraction of sp³-hybridized carbons (Fsp3) is 0.568. The minimum Gasteiger partial charge on any atom is -0.490 e. The molecule has 2 aromatic rings. The van der Waals surface area contributed by atoms with Gasteiger partial charge < -0.3 is 14.4 Å². The summed E-state index contributed by atoms with van der Waals surface area (Å²) in [4.78, 5) is 28.9. The van der Waals surface area contributed by atoms with Crippen LogP contribution in [0.2, 0.25) is 5.02 Å². The molecule has 0 saturated heterocycles. The van der Waals surface area contributed by atoms with Crippen molar-refractivity contribution in [3.8, 4) is 5.75 Å². The first-order valence-electron chi connectivity index (χ1n) is 17.2. The molecule has 10 heteroatoms. The van der Waals surface area contributed by atoms with Crippen LogP contribution in [0.4, 0.5) is 5.69 Å². The Balaban J connectivity index is 1.43. The van der Waals surface area contributed by atoms with Crippen LogP contribution < -0.4 is 14.4 Å². The number of halogens is 1. The van der Waals surface area contributed by atoms with Crippen molar-refractivity contribution in [2.45, 2.75) is 83.2 Å². The number of fused-ring (bicyclic) bond motifs is 3. The zero-order valence-corrected chi connectivity index (χ0v) is 29.4. The molecule has 6 rings (SSSR count). The highest BCUT2D eigenvalue weighted by molar-refractivity contribution is 7.92. The Hall–Kier alpha value is -2.88. The standard InChI is InChI=1S/C37H48ClN3O5S/c1-4-27-22-41-23-37(17-8-9-28-20-30(38)14-15-31(28)37)24-46-34-16-13-29(21-32(34)41)36(43)40-47(44,39-35(42)19-26-11-12-26)18-7-5-6-10-33(45-3)25(27)2/h6,10,13-16,20-21,25-27,33H,4-5,7-9,11-12,17-19,22-24H2,1-3H3,(H,39,40,42,43,44)/b10-6+/t25-,27+,33+,37+,47?/m1/s1. The summed E-state index contributed by atoms with van der Waals surface area (Å²) in [6.07, 6.45) is 11.5. The number of ether oxygens (including phenoxy) is 2. The number of hydrogen-bond donors (Lipinski definition) is 1. The zero-order valence-electron chi connectivity index (χ0n) is 27.8. The summed E-state index contributed by atoms with van der Waals surface area (Å²) in [5.41, 5.74) is 3.45. The molecule has 8 nitrogen and oxygen atoms in total. The average molecular weight is 682 g/mol. The van der Waals surface area contributed by atoms with Gasteiger partial charge in [0.2, 0.25) is 5.91 Å². The maximum absolute atomic E-state index is 14.1. The largest absolute Gasteiger partial charge is 0.490 e. The van der Waals surface area contributed by atoms with E-state index in [1.165, 1.54) is 11.1 Å². The first kappa shape index (κ1) is 34.0. The zero-order chi connectivity index (χ0) is 33.2. The summed E-state index contributed by atoms with van der Waals surface area (Å²) in [5.74, 6) is 0.733. The molecule has 47 heavy (non-hydrogen) atoms. The first-order chi connectivity index (χ1) is 22.6. The summed E-state index contributed by atoms with van der Waals surface area (Å²) in [5, 5.41) is 0.745. The molecule has 1 saturated carbocycles. The summed E-state index contributed by atoms with van der Waals surface area (Å²) in [6, 6.07) is 11.6. The van der Waals surface area contributed by atoms with Gasteiger partial charge in [-0.2, -0.15) is 0 Å². The number of nitrogens with one attached hydrogen (secondary N) is 1. The van der Waals surface area contributed by atoms with Crippen molar-refractivity contribution >= 4 is 39.0 Å². The Labute approximate surface area is 284 Å². The molecule has 0 aromatic heterocycles. The van der Waals surface area contributed by atoms with Crippen LogP contribution >= 0.6 is 11.6 Å². The number of benzene rings is 2. The van der Waals surface area contributed by atoms with Gasteiger partial charge in [-0.25, -0.2) is 4.21 Å². The molecule has 4 aliphatic rings. The monoisotopic (exact) mass is 681 g/mol. The molecular formula is C37H48ClN3O5S. The number of rotatable bonds is 5. The minimum atomic E-state index is -3.32. The van der Waals surface area contributed by atoms with Crippen LogP contribution in [-0.4, -0.2) is 54.7 Å². The van der Waals surface area contributed by atoms with Crippen LogP contribution in [0.15, 0.2) is 52.9 Å². The molecule has 1 fully saturated rings. The fourth-order valence-corrected chi connectivity index (χ4v) is 9.48. The molecule has 0 radical (unpaired) electrons. The molecule has 2 aliphatic heterocycles. The molecule has 1 N–H and O–H groups in total. The van der Waals surface area contributed by atoms with Gasteiger partial charge in [0, 0.05) is 42.6 Å². The topological polar surface area (TPSA) is 97.3 Å². The third-order valence-corrected chi connectivity index (χ3v) is 12.7. The number of carbonyl (C=O) groups excluding carboxylic acids is 2. The molecular weight excluding hydrogens is 634 g/mol. The van der Waals surface area contributed by atoms with E-state index in [9.17, 15) is 13.8 Å². The number of amides is 2. The van der Waals surface area contributed by atoms with Crippen molar-refractivity contribution in [2.75, 3.05) is 37.5 Å². The number of aryl methyl sites for hydroxylation is 1. The van der Waals surface area contributed by atoms with Crippen molar-refractivity contribution < 1.29 is 23.3 Å². The molecule has 2 aliphatic carbocycles. The number of allylic oxidation sites excluding steroid dienone is 1. The van der Waals surface area contributed by atoms with E-state index < -0.39 is 15.8 Å². The van der Waals surface area contributed by atoms with E-state index in [0.29, 0.717) is 55.6 Å². The van der Waals surface area contributed by atoms with Gasteiger partial charge in [-0.1, -0.05) is 50.1 Å². The number of nitrogens with zero attached hydrogens (tertiary/aromatic N) is 2. The third-order valence-electron chi connectivity index (χ3n) is 10.6. The van der Waals surface area contributed by atoms with Gasteiger partial charge in [0.05, 0.1) is 24.2 Å². The lowest BCUT2D eigenvalue weighted by Gasteiger charge is -2.42. The minimum absolute atomic E-state index is 0.0936. The van der Waals surface area contributed by atoms with Gasteiger partial charge in [0.25, 0.3) is 5.91 Å². The van der Waals surface area contributed by atoms with Crippen LogP contribution in [0.5, 0.6) is 5.75 Å². The van der Waals surface area contributed by atoms with Crippen LogP contribution in [0, 0.1) is 17.8 Å². The number of methoxy groups -OCH3 is 1. The van der Waals surface area contributed by atoms with Gasteiger partial charge in [-0.3, -0.25) is 14.3 Å². The van der Waals surface area contributed by atoms with Crippen molar-refractivity contribution in [1.29, 1.82) is 0 Å². The highest BCUT2D eigenvalue weighted by Crippen LogP contribution is 2.45. The Morgan fingerprint density at radius 3 is 2.81 bits per heavy atom. The fourth-order valence-electron chi connectivity index (χ4n) is 7.67. The van der Waals surface area contributed by atoms with E-state index >= 15 is 0 Å². The first-order valence-corrected chi connectivity index (χ1v) is 19.3. The highest BCUT2D eigenvalue weighted by Gasteiger charge is 2.42. The maximum atomic E-state index is 14.1. The summed E-state index contributed by atoms with van der Waals surface area (Å²) >= 11 is 6.45. The van der Waals surface area contributed by atoms with Gasteiger partial charge >= 0.3 is 0 Å². The van der Waals surface area contributed by atoms with E-state index in [4.69, 9.17) is 21.1 Å². The molecule has 5 atom stereocenters. The van der Waals surface area contributed by atoms with Crippen LogP contribution in [0.1, 0.15) is 86.7 Å². The average Bonchev–Trinajstić information content (AvgIpc) is 3.87. The molecule has 2 amide bonds. The molecule has 2 heterocycles. The van der Waals surface area contributed by atoms with Gasteiger partial charge in [0.1, 0.15) is 15.7 Å². The Morgan fingerprint density at radius 2 is 2.04 bits per heavy atom. The van der Waals surface area contributed by atoms with Crippen molar-refractivity contribution in [1.82, 2.24) is 4.72 Å². The summed E-state index contributed by atoms with van der Waals surface area (Å²) < 4.78 is 33.6. The molecule has 2 aromatic carbocycles. The molecule has 254 valence electrons. The predicted octanol–water partition coefficient (Wildman–Crippen LogP) is 7.28. The third kappa shape index (κ3) is 7.73. The smallest absolute Gasteiger partial charge is 0.286 e. The van der Waals surface area contributed by atoms with Crippen molar-refractivity contribution in [3.05, 3.63) is 70.3 Å². The second kappa shape index (κ2) is 14.3. The lowest BCUT2D eigenvalue weighted by molar-refractivity contribution is -0.119. The van der Waals surface area contributed by atoms with Gasteiger partial charge in [-0.15, -0.1) is 4.36 Å². The second-order valence-electron chi connectivity index (χ2n) is 14.0. The second-order valence-corrected chi connectivity index (χ2v) is 16.5. The SMILES string of the molecule is CC[C@H]1CN2C[C@@]3(CCCc4cc(Cl)ccc43)COc3ccc(cc32)C(=O)N=S(=O)(NC(=O)CC2CC2)CCC/C=C/[C@H](OC)[C@@H]1C. The normalized spacial score (nSPS) is 30.4. The van der Waals surface area contributed by atoms with Gasteiger partial charge in [-0.05, 0) is 104 Å². The van der Waals surface area contributed by atoms with Gasteiger partial charge in [0.15, 0.2) is 0 Å². The van der Waals surface area contributed by atoms with Crippen LogP contribution in [0.25, 0.3) is 0 Å². The van der Waals surface area contributed by atoms with E-state index in [0.717, 1.165) is 55.8 Å².